The molecule has 7 heteroatoms. The van der Waals surface area contributed by atoms with E-state index in [1.165, 1.54) is 0 Å². The molecule has 4 nitrogen and oxygen atoms in total. The molecular formula is C20H29BCl2N2O2. The zero-order valence-electron chi connectivity index (χ0n) is 16.0. The van der Waals surface area contributed by atoms with E-state index in [-0.39, 0.29) is 5.92 Å². The molecule has 0 radical (unpaired) electrons. The van der Waals surface area contributed by atoms with Crippen LogP contribution in [0, 0.1) is 5.92 Å². The van der Waals surface area contributed by atoms with Crippen LogP contribution in [0.5, 0.6) is 0 Å². The van der Waals surface area contributed by atoms with Gasteiger partial charge in [-0.05, 0) is 55.7 Å². The molecule has 3 atom stereocenters. The molecule has 2 unspecified atom stereocenters. The third kappa shape index (κ3) is 4.47. The molecule has 1 aromatic rings. The van der Waals surface area contributed by atoms with Gasteiger partial charge in [-0.2, -0.15) is 0 Å². The molecular weight excluding hydrogens is 382 g/mol. The molecule has 148 valence electrons. The second-order valence-corrected chi connectivity index (χ2v) is 9.09. The molecule has 0 amide bonds. The molecule has 0 saturated carbocycles. The smallest absolute Gasteiger partial charge is 0.323 e. The zero-order valence-corrected chi connectivity index (χ0v) is 17.5. The first-order valence-corrected chi connectivity index (χ1v) is 10.8. The largest absolute Gasteiger partial charge is 0.480 e. The fraction of sp³-hybridized carbons (Fsp3) is 0.650. The molecule has 2 saturated heterocycles. The van der Waals surface area contributed by atoms with Crippen molar-refractivity contribution in [2.45, 2.75) is 75.4 Å². The third-order valence-corrected chi connectivity index (χ3v) is 7.29. The SMILES string of the molecule is BCCCC[C@@](N)(C(=O)O)C1CC2CCC(C1)N2Cc1ccc(Cl)c(Cl)c1. The number of nitrogens with zero attached hydrogens (tertiary/aromatic N) is 1. The van der Waals surface area contributed by atoms with Gasteiger partial charge in [0.05, 0.1) is 10.0 Å². The number of hydrogen-bond acceptors (Lipinski definition) is 3. The molecule has 0 aromatic heterocycles. The van der Waals surface area contributed by atoms with E-state index < -0.39 is 11.5 Å². The minimum atomic E-state index is -1.09. The maximum atomic E-state index is 12.0. The Labute approximate surface area is 172 Å². The number of carboxylic acids is 1. The van der Waals surface area contributed by atoms with Crippen LogP contribution < -0.4 is 5.73 Å². The fourth-order valence-corrected chi connectivity index (χ4v) is 5.28. The van der Waals surface area contributed by atoms with Crippen molar-refractivity contribution in [1.29, 1.82) is 0 Å². The summed E-state index contributed by atoms with van der Waals surface area (Å²) in [4.78, 5) is 14.5. The average Bonchev–Trinajstić information content (AvgIpc) is 2.86. The molecule has 2 fully saturated rings. The predicted molar refractivity (Wildman–Crippen MR) is 113 cm³/mol. The number of hydrogen-bond donors (Lipinski definition) is 2. The van der Waals surface area contributed by atoms with Crippen LogP contribution in [0.15, 0.2) is 18.2 Å². The Morgan fingerprint density at radius 1 is 1.22 bits per heavy atom. The van der Waals surface area contributed by atoms with Crippen LogP contribution >= 0.6 is 23.2 Å². The summed E-state index contributed by atoms with van der Waals surface area (Å²) >= 11 is 12.2. The highest BCUT2D eigenvalue weighted by Gasteiger charge is 2.50. The van der Waals surface area contributed by atoms with E-state index in [4.69, 9.17) is 28.9 Å². The Morgan fingerprint density at radius 2 is 1.89 bits per heavy atom. The van der Waals surface area contributed by atoms with Crippen LogP contribution in [0.25, 0.3) is 0 Å². The molecule has 3 rings (SSSR count). The quantitative estimate of drug-likeness (QED) is 0.506. The third-order valence-electron chi connectivity index (χ3n) is 6.55. The van der Waals surface area contributed by atoms with E-state index in [9.17, 15) is 9.90 Å². The van der Waals surface area contributed by atoms with Crippen molar-refractivity contribution in [3.05, 3.63) is 33.8 Å². The lowest BCUT2D eigenvalue weighted by Crippen LogP contribution is -2.58. The van der Waals surface area contributed by atoms with Gasteiger partial charge in [-0.15, -0.1) is 0 Å². The highest BCUT2D eigenvalue weighted by Crippen LogP contribution is 2.44. The molecule has 2 bridgehead atoms. The highest BCUT2D eigenvalue weighted by atomic mass is 35.5. The van der Waals surface area contributed by atoms with Gasteiger partial charge in [0.15, 0.2) is 0 Å². The second kappa shape index (κ2) is 8.73. The predicted octanol–water partition coefficient (Wildman–Crippen LogP) is 3.74. The Bertz CT molecular complexity index is 676. The zero-order chi connectivity index (χ0) is 19.6. The Hall–Kier alpha value is -0.745. The van der Waals surface area contributed by atoms with Gasteiger partial charge in [0.1, 0.15) is 13.4 Å². The number of benzene rings is 1. The summed E-state index contributed by atoms with van der Waals surface area (Å²) < 4.78 is 0. The highest BCUT2D eigenvalue weighted by molar-refractivity contribution is 6.42. The first-order chi connectivity index (χ1) is 12.8. The van der Waals surface area contributed by atoms with Crippen LogP contribution in [0.1, 0.15) is 50.5 Å². The first kappa shape index (κ1) is 21.0. The number of carboxylic acid groups (broad SMARTS) is 1. The lowest BCUT2D eigenvalue weighted by atomic mass is 9.73. The number of piperidine rings is 1. The van der Waals surface area contributed by atoms with Crippen LogP contribution in [0.2, 0.25) is 16.4 Å². The number of halogens is 2. The van der Waals surface area contributed by atoms with Crippen LogP contribution in [-0.2, 0) is 11.3 Å². The van der Waals surface area contributed by atoms with Gasteiger partial charge in [0.25, 0.3) is 0 Å². The first-order valence-electron chi connectivity index (χ1n) is 10.1. The molecule has 27 heavy (non-hydrogen) atoms. The van der Waals surface area contributed by atoms with Crippen molar-refractivity contribution < 1.29 is 9.90 Å². The Morgan fingerprint density at radius 3 is 2.44 bits per heavy atom. The maximum Gasteiger partial charge on any atom is 0.323 e. The summed E-state index contributed by atoms with van der Waals surface area (Å²) in [7, 11) is 2.13. The molecule has 2 heterocycles. The van der Waals surface area contributed by atoms with E-state index in [2.05, 4.69) is 12.7 Å². The van der Waals surface area contributed by atoms with Gasteiger partial charge in [-0.1, -0.05) is 48.4 Å². The van der Waals surface area contributed by atoms with E-state index >= 15 is 0 Å². The van der Waals surface area contributed by atoms with Gasteiger partial charge in [0.2, 0.25) is 0 Å². The summed E-state index contributed by atoms with van der Waals surface area (Å²) in [6, 6.07) is 6.60. The summed E-state index contributed by atoms with van der Waals surface area (Å²) in [6.45, 7) is 0.833. The van der Waals surface area contributed by atoms with Crippen molar-refractivity contribution >= 4 is 37.0 Å². The topological polar surface area (TPSA) is 66.6 Å². The van der Waals surface area contributed by atoms with Gasteiger partial charge >= 0.3 is 5.97 Å². The van der Waals surface area contributed by atoms with Crippen molar-refractivity contribution in [2.24, 2.45) is 11.7 Å². The number of rotatable bonds is 8. The van der Waals surface area contributed by atoms with E-state index in [1.807, 2.05) is 18.2 Å². The minimum absolute atomic E-state index is 0.0504. The van der Waals surface area contributed by atoms with Crippen LogP contribution in [0.4, 0.5) is 0 Å². The maximum absolute atomic E-state index is 12.0. The summed E-state index contributed by atoms with van der Waals surface area (Å²) in [6.07, 6.45) is 7.54. The van der Waals surface area contributed by atoms with Crippen molar-refractivity contribution in [3.8, 4) is 0 Å². The van der Waals surface area contributed by atoms with Crippen molar-refractivity contribution in [3.63, 3.8) is 0 Å². The molecule has 0 aliphatic carbocycles. The monoisotopic (exact) mass is 410 g/mol. The second-order valence-electron chi connectivity index (χ2n) is 8.28. The normalized spacial score (nSPS) is 27.4. The number of unbranched alkanes of at least 4 members (excludes halogenated alkanes) is 1. The number of carbonyl (C=O) groups is 1. The summed E-state index contributed by atoms with van der Waals surface area (Å²) in [5.41, 5.74) is 6.55. The van der Waals surface area contributed by atoms with E-state index in [1.54, 1.807) is 0 Å². The molecule has 2 aliphatic heterocycles. The fourth-order valence-electron chi connectivity index (χ4n) is 4.95. The van der Waals surface area contributed by atoms with Gasteiger partial charge in [0, 0.05) is 18.6 Å². The average molecular weight is 411 g/mol. The van der Waals surface area contributed by atoms with Crippen molar-refractivity contribution in [2.75, 3.05) is 0 Å². The van der Waals surface area contributed by atoms with Gasteiger partial charge in [-0.3, -0.25) is 9.69 Å². The van der Waals surface area contributed by atoms with Crippen LogP contribution in [0.3, 0.4) is 0 Å². The Kier molecular flexibility index (Phi) is 6.78. The molecule has 0 spiro atoms. The van der Waals surface area contributed by atoms with E-state index in [0.29, 0.717) is 28.5 Å². The van der Waals surface area contributed by atoms with E-state index in [0.717, 1.165) is 57.0 Å². The molecule has 2 aliphatic rings. The van der Waals surface area contributed by atoms with Gasteiger partial charge < -0.3 is 10.8 Å². The van der Waals surface area contributed by atoms with Gasteiger partial charge in [-0.25, -0.2) is 0 Å². The minimum Gasteiger partial charge on any atom is -0.480 e. The number of fused-ring (bicyclic) bond motifs is 2. The Balaban J connectivity index is 1.70. The lowest BCUT2D eigenvalue weighted by molar-refractivity contribution is -0.147. The number of aliphatic carboxylic acids is 1. The molecule has 1 aromatic carbocycles. The standard InChI is InChI=1S/C20H29BCl2N2O2/c21-8-2-1-7-20(24,19(26)27)14-10-15-4-5-16(11-14)25(15)12-13-3-6-17(22)18(23)9-13/h3,6,9,14-16H,1-2,4-5,7-8,10-12,21,24H2,(H,26,27)/t14?,15?,16?,20-/m0/s1. The molecule has 3 N–H and O–H groups in total. The number of nitrogens with two attached hydrogens (primary N) is 1. The van der Waals surface area contributed by atoms with Crippen LogP contribution in [-0.4, -0.2) is 41.4 Å². The summed E-state index contributed by atoms with van der Waals surface area (Å²) in [5.74, 6) is -0.782. The lowest BCUT2D eigenvalue weighted by Gasteiger charge is -2.44. The summed E-state index contributed by atoms with van der Waals surface area (Å²) in [5, 5.41) is 11.0. The van der Waals surface area contributed by atoms with Crippen molar-refractivity contribution in [1.82, 2.24) is 4.90 Å².